The first kappa shape index (κ1) is 14.4. The highest BCUT2D eigenvalue weighted by Crippen LogP contribution is 2.26. The average molecular weight is 304 g/mol. The maximum atomic E-state index is 12.3. The molecule has 5 heteroatoms. The lowest BCUT2D eigenvalue weighted by molar-refractivity contribution is 0.0884. The Morgan fingerprint density at radius 2 is 2.29 bits per heavy atom. The van der Waals surface area contributed by atoms with E-state index in [0.29, 0.717) is 17.9 Å². The Balaban J connectivity index is 1.67. The standard InChI is InChI=1S/C16H20N2O2S/c1-11-8-14(12(2)20-11)16(19)17-9-15(18-5-3-6-18)13-4-7-21-10-13/h4,7-8,10,15H,3,5-6,9H2,1-2H3,(H,17,19). The molecule has 1 amide bonds. The molecule has 3 heterocycles. The molecule has 0 spiro atoms. The summed E-state index contributed by atoms with van der Waals surface area (Å²) in [5.41, 5.74) is 1.93. The summed E-state index contributed by atoms with van der Waals surface area (Å²) in [5.74, 6) is 1.40. The number of nitrogens with one attached hydrogen (secondary N) is 1. The van der Waals surface area contributed by atoms with Crippen LogP contribution in [0.5, 0.6) is 0 Å². The van der Waals surface area contributed by atoms with Crippen molar-refractivity contribution in [2.24, 2.45) is 0 Å². The summed E-state index contributed by atoms with van der Waals surface area (Å²) in [6.45, 7) is 6.55. The monoisotopic (exact) mass is 304 g/mol. The van der Waals surface area contributed by atoms with Crippen LogP contribution in [0.15, 0.2) is 27.3 Å². The van der Waals surface area contributed by atoms with Crippen molar-refractivity contribution in [3.8, 4) is 0 Å². The maximum absolute atomic E-state index is 12.3. The van der Waals surface area contributed by atoms with Gasteiger partial charge in [-0.3, -0.25) is 9.69 Å². The van der Waals surface area contributed by atoms with Crippen molar-refractivity contribution in [2.45, 2.75) is 26.3 Å². The van der Waals surface area contributed by atoms with Crippen LogP contribution in [0.2, 0.25) is 0 Å². The van der Waals surface area contributed by atoms with E-state index in [9.17, 15) is 4.79 Å². The highest BCUT2D eigenvalue weighted by Gasteiger charge is 2.26. The number of amides is 1. The molecule has 2 aromatic heterocycles. The molecule has 1 aliphatic heterocycles. The normalized spacial score (nSPS) is 16.5. The third-order valence-corrected chi connectivity index (χ3v) is 4.70. The molecule has 0 radical (unpaired) electrons. The minimum absolute atomic E-state index is 0.0508. The van der Waals surface area contributed by atoms with Gasteiger partial charge in [0.2, 0.25) is 0 Å². The molecule has 1 atom stereocenters. The number of carbonyl (C=O) groups is 1. The van der Waals surface area contributed by atoms with Gasteiger partial charge in [-0.05, 0) is 48.7 Å². The lowest BCUT2D eigenvalue weighted by Crippen LogP contribution is -2.45. The van der Waals surface area contributed by atoms with Gasteiger partial charge in [-0.2, -0.15) is 11.3 Å². The van der Waals surface area contributed by atoms with Crippen molar-refractivity contribution in [1.82, 2.24) is 10.2 Å². The van der Waals surface area contributed by atoms with Crippen LogP contribution in [0.3, 0.4) is 0 Å². The fraction of sp³-hybridized carbons (Fsp3) is 0.438. The first-order valence-electron chi connectivity index (χ1n) is 7.26. The molecule has 1 aliphatic rings. The maximum Gasteiger partial charge on any atom is 0.254 e. The fourth-order valence-corrected chi connectivity index (χ4v) is 3.42. The van der Waals surface area contributed by atoms with Crippen molar-refractivity contribution in [1.29, 1.82) is 0 Å². The Morgan fingerprint density at radius 1 is 1.48 bits per heavy atom. The molecule has 0 saturated carbocycles. The highest BCUT2D eigenvalue weighted by atomic mass is 32.1. The van der Waals surface area contributed by atoms with Crippen LogP contribution < -0.4 is 5.32 Å². The predicted octanol–water partition coefficient (Wildman–Crippen LogP) is 3.13. The Morgan fingerprint density at radius 3 is 2.81 bits per heavy atom. The first-order valence-corrected chi connectivity index (χ1v) is 8.21. The smallest absolute Gasteiger partial charge is 0.254 e. The number of hydrogen-bond acceptors (Lipinski definition) is 4. The van der Waals surface area contributed by atoms with Gasteiger partial charge in [-0.1, -0.05) is 0 Å². The zero-order valence-corrected chi connectivity index (χ0v) is 13.2. The van der Waals surface area contributed by atoms with E-state index in [-0.39, 0.29) is 11.9 Å². The van der Waals surface area contributed by atoms with Crippen molar-refractivity contribution in [3.63, 3.8) is 0 Å². The summed E-state index contributed by atoms with van der Waals surface area (Å²) in [4.78, 5) is 14.7. The zero-order chi connectivity index (χ0) is 14.8. The summed E-state index contributed by atoms with van der Waals surface area (Å²) in [6, 6.07) is 4.23. The van der Waals surface area contributed by atoms with Gasteiger partial charge in [0.1, 0.15) is 11.5 Å². The molecule has 0 bridgehead atoms. The Labute approximate surface area is 128 Å². The van der Waals surface area contributed by atoms with Gasteiger partial charge in [0, 0.05) is 19.6 Å². The quantitative estimate of drug-likeness (QED) is 0.923. The second-order valence-electron chi connectivity index (χ2n) is 5.50. The number of furan rings is 1. The molecule has 0 aliphatic carbocycles. The van der Waals surface area contributed by atoms with Gasteiger partial charge in [0.05, 0.1) is 11.6 Å². The second-order valence-corrected chi connectivity index (χ2v) is 6.28. The summed E-state index contributed by atoms with van der Waals surface area (Å²) in [5, 5.41) is 7.31. The molecule has 3 rings (SSSR count). The molecule has 21 heavy (non-hydrogen) atoms. The van der Waals surface area contributed by atoms with E-state index in [1.54, 1.807) is 17.4 Å². The highest BCUT2D eigenvalue weighted by molar-refractivity contribution is 7.07. The molecule has 1 unspecified atom stereocenters. The minimum atomic E-state index is -0.0508. The fourth-order valence-electron chi connectivity index (χ4n) is 2.72. The largest absolute Gasteiger partial charge is 0.466 e. The van der Waals surface area contributed by atoms with Gasteiger partial charge < -0.3 is 9.73 Å². The molecule has 2 aromatic rings. The van der Waals surface area contributed by atoms with E-state index in [1.165, 1.54) is 12.0 Å². The number of hydrogen-bond donors (Lipinski definition) is 1. The molecule has 4 nitrogen and oxygen atoms in total. The van der Waals surface area contributed by atoms with Gasteiger partial charge >= 0.3 is 0 Å². The number of nitrogens with zero attached hydrogens (tertiary/aromatic N) is 1. The van der Waals surface area contributed by atoms with Gasteiger partial charge in [-0.25, -0.2) is 0 Å². The third kappa shape index (κ3) is 3.04. The second kappa shape index (κ2) is 6.03. The van der Waals surface area contributed by atoms with Gasteiger partial charge in [0.25, 0.3) is 5.91 Å². The Bertz CT molecular complexity index is 614. The molecule has 1 fully saturated rings. The molecular formula is C16H20N2O2S. The van der Waals surface area contributed by atoms with Crippen LogP contribution in [0.4, 0.5) is 0 Å². The molecular weight excluding hydrogens is 284 g/mol. The number of likely N-dealkylation sites (tertiary alicyclic amines) is 1. The lowest BCUT2D eigenvalue weighted by Gasteiger charge is -2.38. The number of carbonyl (C=O) groups excluding carboxylic acids is 1. The van der Waals surface area contributed by atoms with E-state index >= 15 is 0 Å². The predicted molar refractivity (Wildman–Crippen MR) is 83.8 cm³/mol. The van der Waals surface area contributed by atoms with Crippen molar-refractivity contribution in [2.75, 3.05) is 19.6 Å². The topological polar surface area (TPSA) is 45.5 Å². The van der Waals surface area contributed by atoms with Gasteiger partial charge in [0.15, 0.2) is 0 Å². The third-order valence-electron chi connectivity index (χ3n) is 4.00. The van der Waals surface area contributed by atoms with Gasteiger partial charge in [-0.15, -0.1) is 0 Å². The number of rotatable bonds is 5. The van der Waals surface area contributed by atoms with Crippen molar-refractivity contribution >= 4 is 17.2 Å². The van der Waals surface area contributed by atoms with Crippen LogP contribution in [-0.4, -0.2) is 30.4 Å². The summed E-state index contributed by atoms with van der Waals surface area (Å²) < 4.78 is 5.42. The van der Waals surface area contributed by atoms with Crippen LogP contribution in [-0.2, 0) is 0 Å². The van der Waals surface area contributed by atoms with Crippen LogP contribution in [0.1, 0.15) is 39.9 Å². The first-order chi connectivity index (χ1) is 10.1. The molecule has 0 aromatic carbocycles. The molecule has 112 valence electrons. The van der Waals surface area contributed by atoms with E-state index < -0.39 is 0 Å². The Kier molecular flexibility index (Phi) is 4.12. The molecule has 1 N–H and O–H groups in total. The Hall–Kier alpha value is -1.59. The summed E-state index contributed by atoms with van der Waals surface area (Å²) in [6.07, 6.45) is 1.24. The summed E-state index contributed by atoms with van der Waals surface area (Å²) in [7, 11) is 0. The van der Waals surface area contributed by atoms with E-state index in [4.69, 9.17) is 4.42 Å². The van der Waals surface area contributed by atoms with Crippen LogP contribution in [0, 0.1) is 13.8 Å². The van der Waals surface area contributed by atoms with Crippen molar-refractivity contribution < 1.29 is 9.21 Å². The van der Waals surface area contributed by atoms with Crippen LogP contribution in [0.25, 0.3) is 0 Å². The summed E-state index contributed by atoms with van der Waals surface area (Å²) >= 11 is 1.70. The average Bonchev–Trinajstić information content (AvgIpc) is 3.01. The van der Waals surface area contributed by atoms with E-state index in [1.807, 2.05) is 13.8 Å². The number of aryl methyl sites for hydroxylation is 2. The zero-order valence-electron chi connectivity index (χ0n) is 12.4. The minimum Gasteiger partial charge on any atom is -0.466 e. The molecule has 1 saturated heterocycles. The van der Waals surface area contributed by atoms with Crippen molar-refractivity contribution in [3.05, 3.63) is 45.5 Å². The SMILES string of the molecule is Cc1cc(C(=O)NCC(c2ccsc2)N2CCC2)c(C)o1. The van der Waals surface area contributed by atoms with E-state index in [0.717, 1.165) is 18.8 Å². The van der Waals surface area contributed by atoms with Crippen LogP contribution >= 0.6 is 11.3 Å². The lowest BCUT2D eigenvalue weighted by atomic mass is 10.0. The van der Waals surface area contributed by atoms with E-state index in [2.05, 4.69) is 27.0 Å². The number of thiophene rings is 1.